The molecule has 2 unspecified atom stereocenters. The second-order valence-electron chi connectivity index (χ2n) is 6.44. The first-order valence-electron chi connectivity index (χ1n) is 8.13. The lowest BCUT2D eigenvalue weighted by atomic mass is 10.00. The van der Waals surface area contributed by atoms with Gasteiger partial charge in [0.1, 0.15) is 11.8 Å². The summed E-state index contributed by atoms with van der Waals surface area (Å²) in [4.78, 5) is 12.8. The van der Waals surface area contributed by atoms with E-state index in [1.165, 1.54) is 13.1 Å². The minimum absolute atomic E-state index is 0.106. The molecule has 146 valence electrons. The lowest BCUT2D eigenvalue weighted by Gasteiger charge is -2.36. The first kappa shape index (κ1) is 19.8. The zero-order chi connectivity index (χ0) is 19.9. The molecule has 3 N–H and O–H groups in total. The first-order valence-corrected chi connectivity index (χ1v) is 10.4. The number of carbonyl (C=O) groups is 1. The van der Waals surface area contributed by atoms with Crippen molar-refractivity contribution in [2.24, 2.45) is 7.05 Å². The maximum Gasteiger partial charge on any atom is 0.280 e. The van der Waals surface area contributed by atoms with Gasteiger partial charge in [0.15, 0.2) is 0 Å². The second-order valence-corrected chi connectivity index (χ2v) is 9.11. The van der Waals surface area contributed by atoms with Crippen LogP contribution in [0, 0.1) is 6.92 Å². The zero-order valence-electron chi connectivity index (χ0n) is 15.0. The van der Waals surface area contributed by atoms with Crippen LogP contribution in [0.15, 0.2) is 28.9 Å². The van der Waals surface area contributed by atoms with Crippen LogP contribution < -0.4 is 10.0 Å². The smallest absolute Gasteiger partial charge is 0.280 e. The molecular formula is C16H20BrN5O4S. The van der Waals surface area contributed by atoms with E-state index in [0.717, 1.165) is 9.87 Å². The highest BCUT2D eigenvalue weighted by Crippen LogP contribution is 2.31. The van der Waals surface area contributed by atoms with Gasteiger partial charge in [0, 0.05) is 30.3 Å². The summed E-state index contributed by atoms with van der Waals surface area (Å²) in [7, 11) is -0.760. The van der Waals surface area contributed by atoms with Crippen LogP contribution in [0.4, 0.5) is 5.69 Å². The third-order valence-electron chi connectivity index (χ3n) is 4.51. The van der Waals surface area contributed by atoms with Gasteiger partial charge in [-0.25, -0.2) is 0 Å². The average molecular weight is 458 g/mol. The molecule has 2 heterocycles. The van der Waals surface area contributed by atoms with Crippen molar-refractivity contribution in [1.82, 2.24) is 18.8 Å². The summed E-state index contributed by atoms with van der Waals surface area (Å²) >= 11 is 3.27. The number of benzene rings is 1. The highest BCUT2D eigenvalue weighted by molar-refractivity contribution is 9.10. The Morgan fingerprint density at radius 3 is 2.74 bits per heavy atom. The quantitative estimate of drug-likeness (QED) is 0.602. The zero-order valence-corrected chi connectivity index (χ0v) is 17.4. The molecule has 3 rings (SSSR count). The largest absolute Gasteiger partial charge is 0.506 e. The average Bonchev–Trinajstić information content (AvgIpc) is 2.91. The molecule has 27 heavy (non-hydrogen) atoms. The number of halogens is 1. The van der Waals surface area contributed by atoms with Crippen molar-refractivity contribution < 1.29 is 18.3 Å². The van der Waals surface area contributed by atoms with Gasteiger partial charge in [0.25, 0.3) is 10.2 Å². The van der Waals surface area contributed by atoms with Crippen molar-refractivity contribution in [3.8, 4) is 5.75 Å². The SMILES string of the molecule is Cc1nn(C)cc1C1CC(C(=O)Nc2cc(Br)ccc2O)N(C)S(=O)(=O)N1. The molecule has 1 aliphatic rings. The van der Waals surface area contributed by atoms with E-state index in [-0.39, 0.29) is 17.9 Å². The van der Waals surface area contributed by atoms with E-state index >= 15 is 0 Å². The predicted molar refractivity (Wildman–Crippen MR) is 103 cm³/mol. The highest BCUT2D eigenvalue weighted by atomic mass is 79.9. The number of nitrogens with one attached hydrogen (secondary N) is 2. The van der Waals surface area contributed by atoms with Crippen LogP contribution in [0.5, 0.6) is 5.75 Å². The van der Waals surface area contributed by atoms with Crippen molar-refractivity contribution in [2.45, 2.75) is 25.4 Å². The van der Waals surface area contributed by atoms with Crippen LogP contribution in [0.25, 0.3) is 0 Å². The Morgan fingerprint density at radius 2 is 2.11 bits per heavy atom. The van der Waals surface area contributed by atoms with E-state index in [0.29, 0.717) is 10.2 Å². The Hall–Kier alpha value is -1.95. The third kappa shape index (κ3) is 4.00. The molecule has 11 heteroatoms. The van der Waals surface area contributed by atoms with Gasteiger partial charge in [-0.05, 0) is 31.5 Å². The van der Waals surface area contributed by atoms with Crippen molar-refractivity contribution >= 4 is 37.7 Å². The number of carbonyl (C=O) groups excluding carboxylic acids is 1. The standard InChI is InChI=1S/C16H20BrN5O4S/c1-9-11(8-21(2)19-9)12-7-14(22(3)27(25,26)20-12)16(24)18-13-6-10(17)4-5-15(13)23/h4-6,8,12,14,20,23H,7H2,1-3H3,(H,18,24). The van der Waals surface area contributed by atoms with Gasteiger partial charge >= 0.3 is 0 Å². The van der Waals surface area contributed by atoms with Crippen LogP contribution in [-0.4, -0.2) is 46.6 Å². The van der Waals surface area contributed by atoms with Gasteiger partial charge in [0.05, 0.1) is 17.4 Å². The Kier molecular flexibility index (Phi) is 5.30. The fourth-order valence-corrected chi connectivity index (χ4v) is 4.72. The van der Waals surface area contributed by atoms with Gasteiger partial charge < -0.3 is 10.4 Å². The maximum atomic E-state index is 12.8. The Bertz CT molecular complexity index is 991. The summed E-state index contributed by atoms with van der Waals surface area (Å²) < 4.78 is 30.9. The molecule has 0 bridgehead atoms. The Labute approximate surface area is 165 Å². The topological polar surface area (TPSA) is 117 Å². The van der Waals surface area contributed by atoms with Crippen molar-refractivity contribution in [3.63, 3.8) is 0 Å². The predicted octanol–water partition coefficient (Wildman–Crippen LogP) is 1.41. The molecule has 1 aromatic carbocycles. The number of amides is 1. The molecule has 1 fully saturated rings. The van der Waals surface area contributed by atoms with E-state index < -0.39 is 28.2 Å². The van der Waals surface area contributed by atoms with Crippen molar-refractivity contribution in [2.75, 3.05) is 12.4 Å². The number of hydrogen-bond donors (Lipinski definition) is 3. The third-order valence-corrected chi connectivity index (χ3v) is 6.60. The Morgan fingerprint density at radius 1 is 1.41 bits per heavy atom. The number of phenols is 1. The number of nitrogens with zero attached hydrogens (tertiary/aromatic N) is 3. The number of aromatic nitrogens is 2. The maximum absolute atomic E-state index is 12.8. The van der Waals surface area contributed by atoms with Gasteiger partial charge in [-0.15, -0.1) is 0 Å². The highest BCUT2D eigenvalue weighted by Gasteiger charge is 2.41. The summed E-state index contributed by atoms with van der Waals surface area (Å²) in [5, 5.41) is 16.8. The summed E-state index contributed by atoms with van der Waals surface area (Å²) in [5.41, 5.74) is 1.61. The van der Waals surface area contributed by atoms with Crippen molar-refractivity contribution in [3.05, 3.63) is 40.1 Å². The fraction of sp³-hybridized carbons (Fsp3) is 0.375. The van der Waals surface area contributed by atoms with E-state index in [9.17, 15) is 18.3 Å². The minimum atomic E-state index is -3.86. The number of hydrogen-bond acceptors (Lipinski definition) is 5. The van der Waals surface area contributed by atoms with Crippen LogP contribution in [0.2, 0.25) is 0 Å². The van der Waals surface area contributed by atoms with Gasteiger partial charge in [-0.1, -0.05) is 15.9 Å². The van der Waals surface area contributed by atoms with Gasteiger partial charge in [-0.2, -0.15) is 22.5 Å². The monoisotopic (exact) mass is 457 g/mol. The molecule has 2 atom stereocenters. The van der Waals surface area contributed by atoms with Crippen LogP contribution >= 0.6 is 15.9 Å². The number of rotatable bonds is 3. The van der Waals surface area contributed by atoms with Gasteiger partial charge in [0.2, 0.25) is 5.91 Å². The number of likely N-dealkylation sites (N-methyl/N-ethyl adjacent to an activating group) is 1. The lowest BCUT2D eigenvalue weighted by Crippen LogP contribution is -2.56. The summed E-state index contributed by atoms with van der Waals surface area (Å²) in [6, 6.07) is 3.09. The normalized spacial score (nSPS) is 22.5. The molecule has 9 nitrogen and oxygen atoms in total. The summed E-state index contributed by atoms with van der Waals surface area (Å²) in [6.45, 7) is 1.79. The van der Waals surface area contributed by atoms with E-state index in [4.69, 9.17) is 0 Å². The van der Waals surface area contributed by atoms with Crippen molar-refractivity contribution in [1.29, 1.82) is 0 Å². The Balaban J connectivity index is 1.89. The summed E-state index contributed by atoms with van der Waals surface area (Å²) in [6.07, 6.45) is 1.96. The molecule has 0 spiro atoms. The summed E-state index contributed by atoms with van der Waals surface area (Å²) in [5.74, 6) is -0.631. The molecule has 0 saturated carbocycles. The van der Waals surface area contributed by atoms with Crippen LogP contribution in [0.1, 0.15) is 23.7 Å². The van der Waals surface area contributed by atoms with Crippen LogP contribution in [-0.2, 0) is 22.1 Å². The molecule has 0 aliphatic carbocycles. The fourth-order valence-electron chi connectivity index (χ4n) is 3.10. The number of aromatic hydroxyl groups is 1. The lowest BCUT2D eigenvalue weighted by molar-refractivity contribution is -0.120. The first-order chi connectivity index (χ1) is 12.6. The molecular weight excluding hydrogens is 438 g/mol. The van der Waals surface area contributed by atoms with E-state index in [2.05, 4.69) is 31.1 Å². The number of aryl methyl sites for hydroxylation is 2. The van der Waals surface area contributed by atoms with E-state index in [1.807, 2.05) is 0 Å². The second kappa shape index (κ2) is 7.23. The number of anilines is 1. The molecule has 1 saturated heterocycles. The van der Waals surface area contributed by atoms with Gasteiger partial charge in [-0.3, -0.25) is 9.48 Å². The number of phenolic OH excluding ortho intramolecular Hbond substituents is 1. The van der Waals surface area contributed by atoms with E-state index in [1.54, 1.807) is 37.0 Å². The molecule has 1 aliphatic heterocycles. The molecule has 1 amide bonds. The molecule has 2 aromatic rings. The minimum Gasteiger partial charge on any atom is -0.506 e. The van der Waals surface area contributed by atoms with Crippen LogP contribution in [0.3, 0.4) is 0 Å². The molecule has 1 aromatic heterocycles. The molecule has 0 radical (unpaired) electrons.